The third kappa shape index (κ3) is 2.34. The molecule has 0 aliphatic heterocycles. The summed E-state index contributed by atoms with van der Waals surface area (Å²) in [6, 6.07) is 0. The lowest BCUT2D eigenvalue weighted by atomic mass is 10.2. The van der Waals surface area contributed by atoms with Gasteiger partial charge in [-0.3, -0.25) is 0 Å². The van der Waals surface area contributed by atoms with Crippen LogP contribution < -0.4 is 4.90 Å². The third-order valence-electron chi connectivity index (χ3n) is 3.26. The molecule has 96 valence electrons. The van der Waals surface area contributed by atoms with Gasteiger partial charge in [-0.15, -0.1) is 0 Å². The topological polar surface area (TPSA) is 46.8 Å². The first-order valence-corrected chi connectivity index (χ1v) is 5.98. The van der Waals surface area contributed by atoms with Gasteiger partial charge in [0, 0.05) is 37.9 Å². The van der Waals surface area contributed by atoms with Crippen molar-refractivity contribution < 1.29 is 0 Å². The predicted octanol–water partition coefficient (Wildman–Crippen LogP) is 1.77. The Morgan fingerprint density at radius 3 is 2.28 bits per heavy atom. The largest absolute Gasteiger partial charge is 0.337 e. The molecule has 5 heteroatoms. The van der Waals surface area contributed by atoms with E-state index in [9.17, 15) is 0 Å². The molecule has 0 unspecified atom stereocenters. The summed E-state index contributed by atoms with van der Waals surface area (Å²) in [6.07, 6.45) is 3.74. The zero-order valence-electron chi connectivity index (χ0n) is 11.6. The maximum Gasteiger partial charge on any atom is 0.225 e. The normalized spacial score (nSPS) is 10.7. The highest BCUT2D eigenvalue weighted by Crippen LogP contribution is 2.14. The van der Waals surface area contributed by atoms with Crippen molar-refractivity contribution in [1.29, 1.82) is 0 Å². The summed E-state index contributed by atoms with van der Waals surface area (Å²) < 4.78 is 2.00. The highest BCUT2D eigenvalue weighted by atomic mass is 15.3. The molecular formula is C13H19N5. The van der Waals surface area contributed by atoms with Gasteiger partial charge in [-0.05, 0) is 26.3 Å². The number of aromatic nitrogens is 4. The van der Waals surface area contributed by atoms with E-state index in [0.29, 0.717) is 6.54 Å². The van der Waals surface area contributed by atoms with Crippen molar-refractivity contribution in [2.75, 3.05) is 11.9 Å². The molecule has 2 aromatic rings. The molecule has 0 aromatic carbocycles. The first-order valence-electron chi connectivity index (χ1n) is 5.98. The standard InChI is InChI=1S/C13H19N5/c1-9-10(2)15-13(16-11(9)3)18(5)8-12-14-6-7-17(12)4/h6-7H,8H2,1-5H3. The first-order chi connectivity index (χ1) is 8.49. The minimum Gasteiger partial charge on any atom is -0.337 e. The van der Waals surface area contributed by atoms with E-state index in [1.54, 1.807) is 6.20 Å². The minimum absolute atomic E-state index is 0.700. The van der Waals surface area contributed by atoms with Crippen molar-refractivity contribution in [1.82, 2.24) is 19.5 Å². The molecule has 0 spiro atoms. The van der Waals surface area contributed by atoms with Gasteiger partial charge in [0.05, 0.1) is 6.54 Å². The predicted molar refractivity (Wildman–Crippen MR) is 71.6 cm³/mol. The van der Waals surface area contributed by atoms with Crippen LogP contribution in [0.5, 0.6) is 0 Å². The number of anilines is 1. The summed E-state index contributed by atoms with van der Waals surface area (Å²) >= 11 is 0. The number of aryl methyl sites for hydroxylation is 3. The van der Waals surface area contributed by atoms with Gasteiger partial charge in [0.1, 0.15) is 5.82 Å². The second kappa shape index (κ2) is 4.76. The number of imidazole rings is 1. The number of hydrogen-bond acceptors (Lipinski definition) is 4. The molecule has 2 heterocycles. The van der Waals surface area contributed by atoms with Crippen molar-refractivity contribution in [3.63, 3.8) is 0 Å². The van der Waals surface area contributed by atoms with Crippen molar-refractivity contribution in [2.45, 2.75) is 27.3 Å². The molecule has 0 N–H and O–H groups in total. The van der Waals surface area contributed by atoms with E-state index in [4.69, 9.17) is 0 Å². The molecule has 0 amide bonds. The summed E-state index contributed by atoms with van der Waals surface area (Å²) in [6.45, 7) is 6.78. The van der Waals surface area contributed by atoms with Gasteiger partial charge in [0.2, 0.25) is 5.95 Å². The molecule has 0 saturated carbocycles. The molecule has 2 aromatic heterocycles. The van der Waals surface area contributed by atoms with Gasteiger partial charge in [-0.1, -0.05) is 0 Å². The quantitative estimate of drug-likeness (QED) is 0.827. The van der Waals surface area contributed by atoms with Gasteiger partial charge in [-0.2, -0.15) is 0 Å². The maximum atomic E-state index is 4.52. The Kier molecular flexibility index (Phi) is 3.32. The Hall–Kier alpha value is -1.91. The van der Waals surface area contributed by atoms with Crippen LogP contribution in [-0.4, -0.2) is 26.6 Å². The van der Waals surface area contributed by atoms with Crippen LogP contribution in [0, 0.1) is 20.8 Å². The lowest BCUT2D eigenvalue weighted by molar-refractivity contribution is 0.742. The van der Waals surface area contributed by atoms with Crippen molar-refractivity contribution in [3.05, 3.63) is 35.2 Å². The Labute approximate surface area is 108 Å². The zero-order valence-corrected chi connectivity index (χ0v) is 11.6. The molecule has 0 bridgehead atoms. The fraction of sp³-hybridized carbons (Fsp3) is 0.462. The van der Waals surface area contributed by atoms with Crippen LogP contribution >= 0.6 is 0 Å². The fourth-order valence-electron chi connectivity index (χ4n) is 1.76. The van der Waals surface area contributed by atoms with E-state index in [0.717, 1.165) is 28.7 Å². The van der Waals surface area contributed by atoms with Crippen LogP contribution in [0.3, 0.4) is 0 Å². The van der Waals surface area contributed by atoms with Crippen LogP contribution in [-0.2, 0) is 13.6 Å². The average Bonchev–Trinajstić information content (AvgIpc) is 2.71. The molecule has 0 aliphatic carbocycles. The Bertz CT molecular complexity index is 535. The summed E-state index contributed by atoms with van der Waals surface area (Å²) in [5, 5.41) is 0. The highest BCUT2D eigenvalue weighted by Gasteiger charge is 2.11. The molecule has 0 aliphatic rings. The van der Waals surface area contributed by atoms with Crippen LogP contribution in [0.1, 0.15) is 22.8 Å². The molecule has 5 nitrogen and oxygen atoms in total. The molecular weight excluding hydrogens is 226 g/mol. The summed E-state index contributed by atoms with van der Waals surface area (Å²) in [4.78, 5) is 15.4. The zero-order chi connectivity index (χ0) is 13.3. The van der Waals surface area contributed by atoms with Crippen molar-refractivity contribution >= 4 is 5.95 Å². The average molecular weight is 245 g/mol. The first kappa shape index (κ1) is 12.5. The van der Waals surface area contributed by atoms with Gasteiger partial charge < -0.3 is 9.47 Å². The molecule has 0 fully saturated rings. The van der Waals surface area contributed by atoms with E-state index in [1.807, 2.05) is 50.5 Å². The smallest absolute Gasteiger partial charge is 0.225 e. The van der Waals surface area contributed by atoms with E-state index in [1.165, 1.54) is 0 Å². The second-order valence-corrected chi connectivity index (χ2v) is 4.63. The molecule has 0 atom stereocenters. The van der Waals surface area contributed by atoms with E-state index >= 15 is 0 Å². The molecule has 18 heavy (non-hydrogen) atoms. The summed E-state index contributed by atoms with van der Waals surface area (Å²) in [5.41, 5.74) is 3.22. The molecule has 0 saturated heterocycles. The van der Waals surface area contributed by atoms with Crippen LogP contribution in [0.4, 0.5) is 5.95 Å². The minimum atomic E-state index is 0.700. The molecule has 0 radical (unpaired) electrons. The molecule has 2 rings (SSSR count). The number of nitrogens with zero attached hydrogens (tertiary/aromatic N) is 5. The van der Waals surface area contributed by atoms with Crippen LogP contribution in [0.2, 0.25) is 0 Å². The lowest BCUT2D eigenvalue weighted by Gasteiger charge is -2.18. The Morgan fingerprint density at radius 2 is 1.78 bits per heavy atom. The fourth-order valence-corrected chi connectivity index (χ4v) is 1.76. The number of rotatable bonds is 3. The SMILES string of the molecule is Cc1nc(N(C)Cc2nccn2C)nc(C)c1C. The summed E-state index contributed by atoms with van der Waals surface area (Å²) in [5.74, 6) is 1.75. The number of hydrogen-bond donors (Lipinski definition) is 0. The van der Waals surface area contributed by atoms with E-state index in [-0.39, 0.29) is 0 Å². The highest BCUT2D eigenvalue weighted by molar-refractivity contribution is 5.35. The third-order valence-corrected chi connectivity index (χ3v) is 3.26. The van der Waals surface area contributed by atoms with E-state index < -0.39 is 0 Å². The van der Waals surface area contributed by atoms with Crippen LogP contribution in [0.15, 0.2) is 12.4 Å². The Morgan fingerprint density at radius 1 is 1.17 bits per heavy atom. The Balaban J connectivity index is 2.24. The lowest BCUT2D eigenvalue weighted by Crippen LogP contribution is -2.22. The second-order valence-electron chi connectivity index (χ2n) is 4.63. The van der Waals surface area contributed by atoms with Gasteiger partial charge >= 0.3 is 0 Å². The van der Waals surface area contributed by atoms with Crippen molar-refractivity contribution in [2.24, 2.45) is 7.05 Å². The van der Waals surface area contributed by atoms with Gasteiger partial charge in [0.15, 0.2) is 0 Å². The maximum absolute atomic E-state index is 4.52. The van der Waals surface area contributed by atoms with Crippen molar-refractivity contribution in [3.8, 4) is 0 Å². The summed E-state index contributed by atoms with van der Waals surface area (Å²) in [7, 11) is 3.97. The van der Waals surface area contributed by atoms with Crippen LogP contribution in [0.25, 0.3) is 0 Å². The van der Waals surface area contributed by atoms with E-state index in [2.05, 4.69) is 15.0 Å². The van der Waals surface area contributed by atoms with Gasteiger partial charge in [0.25, 0.3) is 0 Å². The van der Waals surface area contributed by atoms with Gasteiger partial charge in [-0.25, -0.2) is 15.0 Å². The monoisotopic (exact) mass is 245 g/mol.